The maximum Gasteiger partial charge on any atom is 0.145 e. The maximum atomic E-state index is 5.60. The van der Waals surface area contributed by atoms with Gasteiger partial charge in [0.2, 0.25) is 0 Å². The van der Waals surface area contributed by atoms with Gasteiger partial charge in [0.25, 0.3) is 0 Å². The fourth-order valence-corrected chi connectivity index (χ4v) is 1.75. The first kappa shape index (κ1) is 10.5. The van der Waals surface area contributed by atoms with Crippen LogP contribution < -0.4 is 5.73 Å². The molecule has 0 saturated heterocycles. The zero-order valence-corrected chi connectivity index (χ0v) is 9.83. The first-order valence-corrected chi connectivity index (χ1v) is 5.53. The van der Waals surface area contributed by atoms with Crippen LogP contribution in [-0.2, 0) is 0 Å². The highest BCUT2D eigenvalue weighted by molar-refractivity contribution is 5.64. The van der Waals surface area contributed by atoms with Crippen molar-refractivity contribution in [3.05, 3.63) is 42.2 Å². The molecule has 0 fully saturated rings. The number of aromatic amines is 1. The topological polar surface area (TPSA) is 85.4 Å². The number of hydrogen-bond acceptors (Lipinski definition) is 4. The molecule has 0 amide bonds. The third kappa shape index (κ3) is 1.84. The summed E-state index contributed by atoms with van der Waals surface area (Å²) in [6, 6.07) is 9.64. The van der Waals surface area contributed by atoms with Crippen LogP contribution in [0.3, 0.4) is 0 Å². The summed E-state index contributed by atoms with van der Waals surface area (Å²) >= 11 is 0. The number of nitrogens with zero attached hydrogens (tertiary/aromatic N) is 4. The van der Waals surface area contributed by atoms with E-state index in [0.29, 0.717) is 5.82 Å². The molecule has 3 N–H and O–H groups in total. The van der Waals surface area contributed by atoms with Crippen molar-refractivity contribution >= 4 is 5.82 Å². The Morgan fingerprint density at radius 2 is 2.17 bits per heavy atom. The molecule has 0 radical (unpaired) electrons. The second-order valence-corrected chi connectivity index (χ2v) is 4.03. The first-order chi connectivity index (χ1) is 8.72. The second kappa shape index (κ2) is 3.99. The normalized spacial score (nSPS) is 10.7. The summed E-state index contributed by atoms with van der Waals surface area (Å²) in [5.74, 6) is 0.475. The number of rotatable bonds is 2. The SMILES string of the molecule is Cc1cnn(-c2cccc(-c3cc(N)n[nH]3)c2)n1. The van der Waals surface area contributed by atoms with Gasteiger partial charge in [-0.15, -0.1) is 0 Å². The Hall–Kier alpha value is -2.63. The van der Waals surface area contributed by atoms with Gasteiger partial charge in [-0.2, -0.15) is 20.1 Å². The summed E-state index contributed by atoms with van der Waals surface area (Å²) < 4.78 is 0. The Labute approximate surface area is 103 Å². The van der Waals surface area contributed by atoms with E-state index in [9.17, 15) is 0 Å². The molecule has 0 bridgehead atoms. The monoisotopic (exact) mass is 240 g/mol. The van der Waals surface area contributed by atoms with Crippen LogP contribution in [0.15, 0.2) is 36.5 Å². The van der Waals surface area contributed by atoms with Crippen LogP contribution in [-0.4, -0.2) is 25.2 Å². The predicted octanol–water partition coefficient (Wildman–Crippen LogP) is 1.55. The molecule has 2 aromatic heterocycles. The van der Waals surface area contributed by atoms with Crippen molar-refractivity contribution in [2.24, 2.45) is 0 Å². The molecule has 18 heavy (non-hydrogen) atoms. The molecule has 0 saturated carbocycles. The van der Waals surface area contributed by atoms with Gasteiger partial charge in [-0.25, -0.2) is 0 Å². The maximum absolute atomic E-state index is 5.60. The van der Waals surface area contributed by atoms with Crippen LogP contribution >= 0.6 is 0 Å². The number of nitrogens with two attached hydrogens (primary N) is 1. The Kier molecular flexibility index (Phi) is 2.33. The summed E-state index contributed by atoms with van der Waals surface area (Å²) in [6.45, 7) is 1.91. The van der Waals surface area contributed by atoms with Crippen LogP contribution in [0, 0.1) is 6.92 Å². The highest BCUT2D eigenvalue weighted by atomic mass is 15.5. The third-order valence-electron chi connectivity index (χ3n) is 2.59. The molecule has 6 nitrogen and oxygen atoms in total. The molecule has 90 valence electrons. The number of nitrogens with one attached hydrogen (secondary N) is 1. The molecule has 0 unspecified atom stereocenters. The average molecular weight is 240 g/mol. The molecule has 0 atom stereocenters. The van der Waals surface area contributed by atoms with Gasteiger partial charge in [-0.3, -0.25) is 5.10 Å². The van der Waals surface area contributed by atoms with E-state index in [-0.39, 0.29) is 0 Å². The van der Waals surface area contributed by atoms with Gasteiger partial charge in [0.05, 0.1) is 23.3 Å². The summed E-state index contributed by atoms with van der Waals surface area (Å²) in [4.78, 5) is 1.60. The molecule has 0 aliphatic carbocycles. The largest absolute Gasteiger partial charge is 0.382 e. The van der Waals surface area contributed by atoms with Crippen molar-refractivity contribution in [1.29, 1.82) is 0 Å². The zero-order chi connectivity index (χ0) is 12.5. The quantitative estimate of drug-likeness (QED) is 0.711. The fourth-order valence-electron chi connectivity index (χ4n) is 1.75. The Morgan fingerprint density at radius 3 is 2.83 bits per heavy atom. The summed E-state index contributed by atoms with van der Waals surface area (Å²) in [5, 5.41) is 15.3. The lowest BCUT2D eigenvalue weighted by molar-refractivity contribution is 0.746. The lowest BCUT2D eigenvalue weighted by Gasteiger charge is -2.02. The Morgan fingerprint density at radius 1 is 1.28 bits per heavy atom. The van der Waals surface area contributed by atoms with Gasteiger partial charge in [0.1, 0.15) is 5.82 Å². The lowest BCUT2D eigenvalue weighted by atomic mass is 10.1. The smallest absolute Gasteiger partial charge is 0.145 e. The van der Waals surface area contributed by atoms with Gasteiger partial charge in [-0.1, -0.05) is 12.1 Å². The summed E-state index contributed by atoms with van der Waals surface area (Å²) in [5.41, 5.74) is 9.24. The average Bonchev–Trinajstić information content (AvgIpc) is 2.98. The molecule has 3 aromatic rings. The molecule has 2 heterocycles. The van der Waals surface area contributed by atoms with Crippen LogP contribution in [0.1, 0.15) is 5.69 Å². The number of nitrogen functional groups attached to an aromatic ring is 1. The number of H-pyrrole nitrogens is 1. The van der Waals surface area contributed by atoms with E-state index in [2.05, 4.69) is 20.4 Å². The van der Waals surface area contributed by atoms with Crippen LogP contribution in [0.5, 0.6) is 0 Å². The van der Waals surface area contributed by atoms with E-state index >= 15 is 0 Å². The zero-order valence-electron chi connectivity index (χ0n) is 9.83. The molecule has 0 spiro atoms. The minimum Gasteiger partial charge on any atom is -0.382 e. The predicted molar refractivity (Wildman–Crippen MR) is 68.1 cm³/mol. The van der Waals surface area contributed by atoms with E-state index in [1.54, 1.807) is 17.1 Å². The number of hydrogen-bond donors (Lipinski definition) is 2. The summed E-state index contributed by atoms with van der Waals surface area (Å²) in [7, 11) is 0. The fraction of sp³-hybridized carbons (Fsp3) is 0.0833. The molecule has 3 rings (SSSR count). The van der Waals surface area contributed by atoms with Crippen molar-refractivity contribution in [1.82, 2.24) is 25.2 Å². The molecule has 1 aromatic carbocycles. The van der Waals surface area contributed by atoms with Gasteiger partial charge >= 0.3 is 0 Å². The third-order valence-corrected chi connectivity index (χ3v) is 2.59. The van der Waals surface area contributed by atoms with Gasteiger partial charge in [0, 0.05) is 11.6 Å². The Bertz CT molecular complexity index is 626. The number of anilines is 1. The van der Waals surface area contributed by atoms with Gasteiger partial charge < -0.3 is 5.73 Å². The first-order valence-electron chi connectivity index (χ1n) is 5.53. The molecule has 6 heteroatoms. The van der Waals surface area contributed by atoms with E-state index in [1.165, 1.54) is 0 Å². The van der Waals surface area contributed by atoms with Gasteiger partial charge in [-0.05, 0) is 19.1 Å². The van der Waals surface area contributed by atoms with Crippen LogP contribution in [0.4, 0.5) is 5.82 Å². The van der Waals surface area contributed by atoms with Crippen molar-refractivity contribution in [3.8, 4) is 16.9 Å². The molecule has 0 aliphatic heterocycles. The lowest BCUT2D eigenvalue weighted by Crippen LogP contribution is -1.98. The highest BCUT2D eigenvalue weighted by Gasteiger charge is 2.05. The minimum absolute atomic E-state index is 0.475. The number of benzene rings is 1. The standard InChI is InChI=1S/C12H12N6/c1-8-7-14-18(17-8)10-4-2-3-9(5-10)11-6-12(13)16-15-11/h2-7H,1H3,(H3,13,15,16). The van der Waals surface area contributed by atoms with E-state index < -0.39 is 0 Å². The second-order valence-electron chi connectivity index (χ2n) is 4.03. The molecule has 0 aliphatic rings. The van der Waals surface area contributed by atoms with Crippen molar-refractivity contribution < 1.29 is 0 Å². The van der Waals surface area contributed by atoms with Crippen molar-refractivity contribution in [3.63, 3.8) is 0 Å². The number of aryl methyl sites for hydroxylation is 1. The Balaban J connectivity index is 2.04. The van der Waals surface area contributed by atoms with E-state index in [4.69, 9.17) is 5.73 Å². The van der Waals surface area contributed by atoms with E-state index in [1.807, 2.05) is 31.2 Å². The summed E-state index contributed by atoms with van der Waals surface area (Å²) in [6.07, 6.45) is 1.72. The molecular formula is C12H12N6. The van der Waals surface area contributed by atoms with Crippen molar-refractivity contribution in [2.75, 3.05) is 5.73 Å². The molecular weight excluding hydrogens is 228 g/mol. The van der Waals surface area contributed by atoms with Crippen LogP contribution in [0.25, 0.3) is 16.9 Å². The highest BCUT2D eigenvalue weighted by Crippen LogP contribution is 2.20. The van der Waals surface area contributed by atoms with Crippen molar-refractivity contribution in [2.45, 2.75) is 6.92 Å². The minimum atomic E-state index is 0.475. The van der Waals surface area contributed by atoms with Gasteiger partial charge in [0.15, 0.2) is 0 Å². The van der Waals surface area contributed by atoms with Crippen LogP contribution in [0.2, 0.25) is 0 Å². The van der Waals surface area contributed by atoms with E-state index in [0.717, 1.165) is 22.6 Å². The number of aromatic nitrogens is 5.